The number of benzene rings is 1. The Labute approximate surface area is 140 Å². The molecular formula is C20H30N2O. The Kier molecular flexibility index (Phi) is 5.86. The summed E-state index contributed by atoms with van der Waals surface area (Å²) in [5.74, 6) is 0.860. The number of hydrogen-bond donors (Lipinski definition) is 1. The largest absolute Gasteiger partial charge is 0.497 e. The van der Waals surface area contributed by atoms with E-state index in [1.54, 1.807) is 7.11 Å². The van der Waals surface area contributed by atoms with Crippen LogP contribution in [0.25, 0.3) is 0 Å². The Balaban J connectivity index is 2.35. The van der Waals surface area contributed by atoms with Crippen molar-refractivity contribution in [3.05, 3.63) is 41.6 Å². The minimum atomic E-state index is -0.0557. The molecule has 1 saturated carbocycles. The lowest BCUT2D eigenvalue weighted by Crippen LogP contribution is -2.20. The molecule has 1 aliphatic rings. The molecule has 23 heavy (non-hydrogen) atoms. The second-order valence-electron chi connectivity index (χ2n) is 7.38. The van der Waals surface area contributed by atoms with Crippen molar-refractivity contribution >= 4 is 5.71 Å². The monoisotopic (exact) mass is 314 g/mol. The number of hydrogen-bond acceptors (Lipinski definition) is 3. The molecule has 0 spiro atoms. The van der Waals surface area contributed by atoms with E-state index in [4.69, 9.17) is 15.5 Å². The van der Waals surface area contributed by atoms with Crippen molar-refractivity contribution in [3.8, 4) is 5.75 Å². The highest BCUT2D eigenvalue weighted by Crippen LogP contribution is 2.24. The van der Waals surface area contributed by atoms with Crippen molar-refractivity contribution in [2.24, 2.45) is 16.1 Å². The highest BCUT2D eigenvalue weighted by atomic mass is 16.5. The van der Waals surface area contributed by atoms with E-state index in [1.165, 1.54) is 32.1 Å². The van der Waals surface area contributed by atoms with E-state index in [-0.39, 0.29) is 5.41 Å². The van der Waals surface area contributed by atoms with E-state index in [2.05, 4.69) is 39.0 Å². The van der Waals surface area contributed by atoms with Crippen molar-refractivity contribution in [2.75, 3.05) is 7.11 Å². The van der Waals surface area contributed by atoms with Gasteiger partial charge in [-0.3, -0.25) is 4.99 Å². The van der Waals surface area contributed by atoms with Crippen LogP contribution in [0, 0.1) is 5.41 Å². The van der Waals surface area contributed by atoms with Gasteiger partial charge in [0.05, 0.1) is 18.9 Å². The summed E-state index contributed by atoms with van der Waals surface area (Å²) in [5, 5.41) is 0. The third kappa shape index (κ3) is 5.12. The summed E-state index contributed by atoms with van der Waals surface area (Å²) in [6.45, 7) is 6.39. The van der Waals surface area contributed by atoms with Crippen LogP contribution in [0.5, 0.6) is 5.75 Å². The number of aliphatic imine (C=N–C) groups is 1. The number of allylic oxidation sites excluding steroid dienone is 2. The molecule has 1 aromatic rings. The highest BCUT2D eigenvalue weighted by Gasteiger charge is 2.17. The second kappa shape index (κ2) is 7.67. The Morgan fingerprint density at radius 1 is 1.13 bits per heavy atom. The van der Waals surface area contributed by atoms with E-state index in [0.717, 1.165) is 22.7 Å². The molecule has 0 radical (unpaired) electrons. The topological polar surface area (TPSA) is 47.6 Å². The van der Waals surface area contributed by atoms with E-state index >= 15 is 0 Å². The molecule has 2 rings (SSSR count). The lowest BCUT2D eigenvalue weighted by molar-refractivity contribution is 0.415. The maximum Gasteiger partial charge on any atom is 0.118 e. The molecule has 0 unspecified atom stereocenters. The third-order valence-electron chi connectivity index (χ3n) is 4.44. The van der Waals surface area contributed by atoms with Crippen molar-refractivity contribution in [1.29, 1.82) is 0 Å². The SMILES string of the molecule is COc1ccc(C(/C=C(\N)C(C)(C)C)=NC2CCCCC2)cc1. The minimum absolute atomic E-state index is 0.0557. The summed E-state index contributed by atoms with van der Waals surface area (Å²) >= 11 is 0. The second-order valence-corrected chi connectivity index (χ2v) is 7.38. The first-order chi connectivity index (χ1) is 10.9. The smallest absolute Gasteiger partial charge is 0.118 e. The van der Waals surface area contributed by atoms with E-state index < -0.39 is 0 Å². The van der Waals surface area contributed by atoms with Gasteiger partial charge in [0.15, 0.2) is 0 Å². The normalized spacial score (nSPS) is 18.1. The van der Waals surface area contributed by atoms with Gasteiger partial charge < -0.3 is 10.5 Å². The maximum absolute atomic E-state index is 6.31. The molecule has 3 heteroatoms. The van der Waals surface area contributed by atoms with Gasteiger partial charge in [-0.2, -0.15) is 0 Å². The predicted molar refractivity (Wildman–Crippen MR) is 98.1 cm³/mol. The first-order valence-electron chi connectivity index (χ1n) is 8.60. The minimum Gasteiger partial charge on any atom is -0.497 e. The Bertz CT molecular complexity index is 558. The number of nitrogens with zero attached hydrogens (tertiary/aromatic N) is 1. The number of nitrogens with two attached hydrogens (primary N) is 1. The van der Waals surface area contributed by atoms with Gasteiger partial charge in [0.2, 0.25) is 0 Å². The summed E-state index contributed by atoms with van der Waals surface area (Å²) in [5.41, 5.74) is 9.21. The lowest BCUT2D eigenvalue weighted by atomic mass is 9.90. The molecular weight excluding hydrogens is 284 g/mol. The standard InChI is InChI=1S/C20H30N2O/c1-20(2,3)19(21)14-18(22-16-8-6-5-7-9-16)15-10-12-17(23-4)13-11-15/h10-14,16H,5-9,21H2,1-4H3/b19-14-,22-18?. The first kappa shape index (κ1) is 17.6. The van der Waals surface area contributed by atoms with E-state index in [1.807, 2.05) is 12.1 Å². The lowest BCUT2D eigenvalue weighted by Gasteiger charge is -2.21. The highest BCUT2D eigenvalue weighted by molar-refractivity contribution is 6.09. The fourth-order valence-corrected chi connectivity index (χ4v) is 2.73. The van der Waals surface area contributed by atoms with Crippen LogP contribution in [0.3, 0.4) is 0 Å². The maximum atomic E-state index is 6.31. The van der Waals surface area contributed by atoms with Gasteiger partial charge in [0.1, 0.15) is 5.75 Å². The van der Waals surface area contributed by atoms with Crippen molar-refractivity contribution in [1.82, 2.24) is 0 Å². The van der Waals surface area contributed by atoms with Crippen LogP contribution in [-0.2, 0) is 0 Å². The van der Waals surface area contributed by atoms with Crippen LogP contribution in [0.2, 0.25) is 0 Å². The first-order valence-corrected chi connectivity index (χ1v) is 8.60. The van der Waals surface area contributed by atoms with Crippen LogP contribution >= 0.6 is 0 Å². The van der Waals surface area contributed by atoms with Crippen LogP contribution in [0.1, 0.15) is 58.4 Å². The molecule has 1 aliphatic carbocycles. The zero-order valence-corrected chi connectivity index (χ0v) is 14.9. The summed E-state index contributed by atoms with van der Waals surface area (Å²) in [6.07, 6.45) is 8.32. The molecule has 3 nitrogen and oxygen atoms in total. The van der Waals surface area contributed by atoms with Crippen LogP contribution in [0.15, 0.2) is 41.0 Å². The van der Waals surface area contributed by atoms with Crippen LogP contribution in [-0.4, -0.2) is 18.9 Å². The van der Waals surface area contributed by atoms with Gasteiger partial charge in [-0.15, -0.1) is 0 Å². The molecule has 1 aromatic carbocycles. The average Bonchev–Trinajstić information content (AvgIpc) is 2.54. The van der Waals surface area contributed by atoms with Gasteiger partial charge in [-0.25, -0.2) is 0 Å². The van der Waals surface area contributed by atoms with E-state index in [0.29, 0.717) is 6.04 Å². The number of rotatable bonds is 4. The molecule has 0 atom stereocenters. The van der Waals surface area contributed by atoms with E-state index in [9.17, 15) is 0 Å². The van der Waals surface area contributed by atoms with Crippen LogP contribution < -0.4 is 10.5 Å². The molecule has 0 aliphatic heterocycles. The molecule has 0 bridgehead atoms. The Hall–Kier alpha value is -1.77. The predicted octanol–water partition coefficient (Wildman–Crippen LogP) is 4.71. The molecule has 0 amide bonds. The third-order valence-corrected chi connectivity index (χ3v) is 4.44. The molecule has 126 valence electrons. The van der Waals surface area contributed by atoms with Crippen molar-refractivity contribution in [3.63, 3.8) is 0 Å². The zero-order valence-electron chi connectivity index (χ0n) is 14.9. The molecule has 0 heterocycles. The zero-order chi connectivity index (χ0) is 16.9. The quantitative estimate of drug-likeness (QED) is 0.818. The molecule has 0 aromatic heterocycles. The van der Waals surface area contributed by atoms with Gasteiger partial charge >= 0.3 is 0 Å². The van der Waals surface area contributed by atoms with Crippen LogP contribution in [0.4, 0.5) is 0 Å². The average molecular weight is 314 g/mol. The summed E-state index contributed by atoms with van der Waals surface area (Å²) in [6, 6.07) is 8.50. The van der Waals surface area contributed by atoms with Crippen molar-refractivity contribution < 1.29 is 4.74 Å². The number of ether oxygens (including phenoxy) is 1. The van der Waals surface area contributed by atoms with Gasteiger partial charge in [0, 0.05) is 11.1 Å². The van der Waals surface area contributed by atoms with Crippen molar-refractivity contribution in [2.45, 2.75) is 58.9 Å². The van der Waals surface area contributed by atoms with Gasteiger partial charge in [-0.05, 0) is 48.7 Å². The molecule has 1 fully saturated rings. The summed E-state index contributed by atoms with van der Waals surface area (Å²) < 4.78 is 5.25. The summed E-state index contributed by atoms with van der Waals surface area (Å²) in [7, 11) is 1.68. The fraction of sp³-hybridized carbons (Fsp3) is 0.550. The Morgan fingerprint density at radius 3 is 2.26 bits per heavy atom. The number of methoxy groups -OCH3 is 1. The fourth-order valence-electron chi connectivity index (χ4n) is 2.73. The molecule has 2 N–H and O–H groups in total. The summed E-state index contributed by atoms with van der Waals surface area (Å²) in [4.78, 5) is 5.03. The molecule has 0 saturated heterocycles. The Morgan fingerprint density at radius 2 is 1.74 bits per heavy atom. The van der Waals surface area contributed by atoms with Gasteiger partial charge in [-0.1, -0.05) is 40.0 Å². The van der Waals surface area contributed by atoms with Gasteiger partial charge in [0.25, 0.3) is 0 Å².